The summed E-state index contributed by atoms with van der Waals surface area (Å²) in [5.41, 5.74) is 3.64. The number of ether oxygens (including phenoxy) is 1. The van der Waals surface area contributed by atoms with Gasteiger partial charge in [-0.2, -0.15) is 13.2 Å². The fourth-order valence-electron chi connectivity index (χ4n) is 3.02. The number of hydrogen-bond donors (Lipinski definition) is 3. The monoisotopic (exact) mass is 407 g/mol. The minimum atomic E-state index is -4.49. The lowest BCUT2D eigenvalue weighted by molar-refractivity contribution is -0.137. The minimum Gasteiger partial charge on any atom is -0.495 e. The molecule has 1 saturated carbocycles. The molecule has 0 bridgehead atoms. The number of halogens is 3. The Bertz CT molecular complexity index is 911. The van der Waals surface area contributed by atoms with Gasteiger partial charge in [-0.1, -0.05) is 30.3 Å². The number of hydrazine groups is 1. The van der Waals surface area contributed by atoms with Crippen LogP contribution in [-0.2, 0) is 21.2 Å². The average Bonchev–Trinajstić information content (AvgIpc) is 3.52. The molecule has 0 spiro atoms. The lowest BCUT2D eigenvalue weighted by Crippen LogP contribution is -2.48. The van der Waals surface area contributed by atoms with Gasteiger partial charge in [-0.25, -0.2) is 0 Å². The van der Waals surface area contributed by atoms with Crippen molar-refractivity contribution in [3.05, 3.63) is 59.7 Å². The Labute approximate surface area is 165 Å². The van der Waals surface area contributed by atoms with Gasteiger partial charge in [0.25, 0.3) is 5.91 Å². The highest BCUT2D eigenvalue weighted by Crippen LogP contribution is 2.49. The van der Waals surface area contributed by atoms with Crippen LogP contribution in [-0.4, -0.2) is 25.5 Å². The summed E-state index contributed by atoms with van der Waals surface area (Å²) in [5, 5.41) is 2.88. The van der Waals surface area contributed by atoms with E-state index in [-0.39, 0.29) is 12.1 Å². The number of carbonyl (C=O) groups is 2. The van der Waals surface area contributed by atoms with Crippen LogP contribution in [0.5, 0.6) is 5.75 Å². The Balaban J connectivity index is 1.57. The molecule has 0 aliphatic heterocycles. The summed E-state index contributed by atoms with van der Waals surface area (Å²) >= 11 is 0. The van der Waals surface area contributed by atoms with E-state index in [9.17, 15) is 22.8 Å². The normalized spacial score (nSPS) is 14.6. The molecule has 1 fully saturated rings. The van der Waals surface area contributed by atoms with Gasteiger partial charge in [0.2, 0.25) is 5.91 Å². The zero-order valence-corrected chi connectivity index (χ0v) is 15.6. The Morgan fingerprint density at radius 3 is 2.45 bits per heavy atom. The molecular formula is C20H20F3N3O3. The van der Waals surface area contributed by atoms with Gasteiger partial charge in [0.1, 0.15) is 5.75 Å². The van der Waals surface area contributed by atoms with E-state index in [4.69, 9.17) is 4.74 Å². The van der Waals surface area contributed by atoms with E-state index < -0.39 is 29.0 Å². The smallest absolute Gasteiger partial charge is 0.416 e. The van der Waals surface area contributed by atoms with Crippen molar-refractivity contribution >= 4 is 17.5 Å². The average molecular weight is 407 g/mol. The van der Waals surface area contributed by atoms with Gasteiger partial charge in [-0.3, -0.25) is 20.4 Å². The fourth-order valence-corrected chi connectivity index (χ4v) is 3.02. The van der Waals surface area contributed by atoms with E-state index in [1.807, 2.05) is 0 Å². The van der Waals surface area contributed by atoms with Crippen molar-refractivity contribution in [1.29, 1.82) is 0 Å². The molecule has 3 rings (SSSR count). The maximum atomic E-state index is 12.9. The maximum Gasteiger partial charge on any atom is 0.416 e. The van der Waals surface area contributed by atoms with Crippen LogP contribution in [0.2, 0.25) is 0 Å². The molecule has 1 aliphatic rings. The lowest BCUT2D eigenvalue weighted by Gasteiger charge is -2.18. The van der Waals surface area contributed by atoms with Gasteiger partial charge in [0.15, 0.2) is 0 Å². The van der Waals surface area contributed by atoms with Crippen molar-refractivity contribution in [2.75, 3.05) is 19.0 Å². The summed E-state index contributed by atoms with van der Waals surface area (Å²) in [6, 6.07) is 11.7. The molecule has 2 aromatic carbocycles. The predicted octanol–water partition coefficient (Wildman–Crippen LogP) is 3.01. The third-order valence-electron chi connectivity index (χ3n) is 4.79. The van der Waals surface area contributed by atoms with Gasteiger partial charge in [-0.05, 0) is 36.6 Å². The highest BCUT2D eigenvalue weighted by Gasteiger charge is 2.52. The molecule has 3 N–H and O–H groups in total. The van der Waals surface area contributed by atoms with Crippen molar-refractivity contribution in [2.45, 2.75) is 24.4 Å². The third kappa shape index (κ3) is 4.61. The first-order chi connectivity index (χ1) is 13.8. The molecule has 0 heterocycles. The van der Waals surface area contributed by atoms with Gasteiger partial charge in [0, 0.05) is 0 Å². The minimum absolute atomic E-state index is 0.128. The second kappa shape index (κ2) is 8.02. The van der Waals surface area contributed by atoms with Crippen molar-refractivity contribution in [3.8, 4) is 5.75 Å². The number of carbonyl (C=O) groups excluding carboxylic acids is 2. The quantitative estimate of drug-likeness (QED) is 0.644. The molecule has 2 amide bonds. The van der Waals surface area contributed by atoms with E-state index in [0.717, 1.165) is 12.1 Å². The standard InChI is InChI=1S/C20H20F3N3O3/c1-29-16-8-3-2-7-15(16)24-12-17(27)25-26-18(28)19(9-10-19)13-5-4-6-14(11-13)20(21,22)23/h2-8,11,24H,9-10,12H2,1H3,(H,25,27)(H,26,28). The van der Waals surface area contributed by atoms with Crippen molar-refractivity contribution in [3.63, 3.8) is 0 Å². The second-order valence-corrected chi connectivity index (χ2v) is 6.72. The van der Waals surface area contributed by atoms with Crippen LogP contribution < -0.4 is 20.9 Å². The first-order valence-electron chi connectivity index (χ1n) is 8.90. The highest BCUT2D eigenvalue weighted by molar-refractivity contribution is 5.93. The van der Waals surface area contributed by atoms with Crippen LogP contribution in [0.4, 0.5) is 18.9 Å². The maximum absolute atomic E-state index is 12.9. The zero-order chi connectivity index (χ0) is 21.1. The predicted molar refractivity (Wildman–Crippen MR) is 100 cm³/mol. The number of amides is 2. The van der Waals surface area contributed by atoms with E-state index >= 15 is 0 Å². The summed E-state index contributed by atoms with van der Waals surface area (Å²) in [4.78, 5) is 24.5. The van der Waals surface area contributed by atoms with Crippen LogP contribution in [0.3, 0.4) is 0 Å². The van der Waals surface area contributed by atoms with Gasteiger partial charge in [0.05, 0.1) is 30.3 Å². The van der Waals surface area contributed by atoms with Crippen LogP contribution in [0.15, 0.2) is 48.5 Å². The zero-order valence-electron chi connectivity index (χ0n) is 15.6. The summed E-state index contributed by atoms with van der Waals surface area (Å²) in [7, 11) is 1.50. The van der Waals surface area contributed by atoms with Gasteiger partial charge in [-0.15, -0.1) is 0 Å². The number of nitrogens with one attached hydrogen (secondary N) is 3. The number of methoxy groups -OCH3 is 1. The number of alkyl halides is 3. The molecule has 2 aromatic rings. The molecule has 9 heteroatoms. The Hall–Kier alpha value is -3.23. The second-order valence-electron chi connectivity index (χ2n) is 6.72. The molecule has 0 saturated heterocycles. The molecule has 0 atom stereocenters. The summed E-state index contributed by atoms with van der Waals surface area (Å²) in [5.74, 6) is -0.489. The first kappa shape index (κ1) is 20.5. The van der Waals surface area contributed by atoms with Crippen LogP contribution in [0.1, 0.15) is 24.0 Å². The molecule has 154 valence electrons. The van der Waals surface area contributed by atoms with Crippen molar-refractivity contribution < 1.29 is 27.5 Å². The van der Waals surface area contributed by atoms with E-state index in [2.05, 4.69) is 16.2 Å². The Kier molecular flexibility index (Phi) is 5.67. The van der Waals surface area contributed by atoms with E-state index in [1.54, 1.807) is 24.3 Å². The Morgan fingerprint density at radius 2 is 1.79 bits per heavy atom. The topological polar surface area (TPSA) is 79.5 Å². The molecular weight excluding hydrogens is 387 g/mol. The first-order valence-corrected chi connectivity index (χ1v) is 8.90. The number of hydrogen-bond acceptors (Lipinski definition) is 4. The summed E-state index contributed by atoms with van der Waals surface area (Å²) < 4.78 is 44.0. The van der Waals surface area contributed by atoms with Crippen LogP contribution >= 0.6 is 0 Å². The summed E-state index contributed by atoms with van der Waals surface area (Å²) in [6.45, 7) is -0.128. The molecule has 6 nitrogen and oxygen atoms in total. The van der Waals surface area contributed by atoms with E-state index in [0.29, 0.717) is 24.3 Å². The molecule has 0 radical (unpaired) electrons. The molecule has 1 aliphatic carbocycles. The largest absolute Gasteiger partial charge is 0.495 e. The van der Waals surface area contributed by atoms with Crippen molar-refractivity contribution in [1.82, 2.24) is 10.9 Å². The molecule has 29 heavy (non-hydrogen) atoms. The fraction of sp³-hybridized carbons (Fsp3) is 0.300. The van der Waals surface area contributed by atoms with Crippen molar-refractivity contribution in [2.24, 2.45) is 0 Å². The summed E-state index contributed by atoms with van der Waals surface area (Å²) in [6.07, 6.45) is -3.66. The Morgan fingerprint density at radius 1 is 1.07 bits per heavy atom. The molecule has 0 aromatic heterocycles. The number of benzene rings is 2. The SMILES string of the molecule is COc1ccccc1NCC(=O)NNC(=O)C1(c2cccc(C(F)(F)F)c2)CC1. The third-order valence-corrected chi connectivity index (χ3v) is 4.79. The van der Waals surface area contributed by atoms with Crippen LogP contribution in [0.25, 0.3) is 0 Å². The molecule has 0 unspecified atom stereocenters. The number of para-hydroxylation sites is 2. The van der Waals surface area contributed by atoms with Gasteiger partial charge < -0.3 is 10.1 Å². The van der Waals surface area contributed by atoms with Gasteiger partial charge >= 0.3 is 6.18 Å². The highest BCUT2D eigenvalue weighted by atomic mass is 19.4. The lowest BCUT2D eigenvalue weighted by atomic mass is 9.93. The van der Waals surface area contributed by atoms with Crippen LogP contribution in [0, 0.1) is 0 Å². The van der Waals surface area contributed by atoms with E-state index in [1.165, 1.54) is 19.2 Å². The number of rotatable bonds is 6. The number of anilines is 1.